The van der Waals surface area contributed by atoms with Crippen molar-refractivity contribution in [2.45, 2.75) is 13.8 Å². The number of amides is 1. The molecule has 0 atom stereocenters. The molecule has 0 spiro atoms. The minimum atomic E-state index is -0.0332. The van der Waals surface area contributed by atoms with Gasteiger partial charge in [0.1, 0.15) is 0 Å². The van der Waals surface area contributed by atoms with Crippen molar-refractivity contribution in [2.24, 2.45) is 0 Å². The number of likely N-dealkylation sites (N-methyl/N-ethyl adjacent to an activating group) is 1. The molecule has 0 aliphatic rings. The van der Waals surface area contributed by atoms with E-state index in [-0.39, 0.29) is 5.91 Å². The van der Waals surface area contributed by atoms with Gasteiger partial charge in [-0.1, -0.05) is 13.8 Å². The molecule has 21 heavy (non-hydrogen) atoms. The third-order valence-electron chi connectivity index (χ3n) is 3.51. The van der Waals surface area contributed by atoms with Gasteiger partial charge in [0, 0.05) is 31.0 Å². The Balaban J connectivity index is 1.88. The van der Waals surface area contributed by atoms with Gasteiger partial charge in [-0.3, -0.25) is 4.79 Å². The first-order valence-electron chi connectivity index (χ1n) is 7.35. The van der Waals surface area contributed by atoms with E-state index in [0.717, 1.165) is 25.3 Å². The Labute approximate surface area is 125 Å². The van der Waals surface area contributed by atoms with Gasteiger partial charge in [-0.15, -0.1) is 0 Å². The predicted molar refractivity (Wildman–Crippen MR) is 83.7 cm³/mol. The van der Waals surface area contributed by atoms with Gasteiger partial charge in [0.05, 0.1) is 5.69 Å². The standard InChI is InChI=1S/C16H22N4O/c1-3-19(4-2)13-11-17-16(21)14-6-8-15(9-7-14)20-12-5-10-18-20/h5-10,12H,3-4,11,13H2,1-2H3,(H,17,21). The van der Waals surface area contributed by atoms with Crippen LogP contribution in [-0.2, 0) is 0 Å². The van der Waals surface area contributed by atoms with Crippen molar-refractivity contribution < 1.29 is 4.79 Å². The van der Waals surface area contributed by atoms with E-state index in [2.05, 4.69) is 29.2 Å². The van der Waals surface area contributed by atoms with E-state index in [4.69, 9.17) is 0 Å². The molecule has 5 heteroatoms. The number of hydrogen-bond acceptors (Lipinski definition) is 3. The lowest BCUT2D eigenvalue weighted by molar-refractivity contribution is 0.0949. The molecule has 0 fully saturated rings. The molecule has 0 saturated heterocycles. The van der Waals surface area contributed by atoms with Crippen LogP contribution >= 0.6 is 0 Å². The molecular formula is C16H22N4O. The minimum Gasteiger partial charge on any atom is -0.351 e. The Kier molecular flexibility index (Phi) is 5.51. The Morgan fingerprint density at radius 3 is 2.52 bits per heavy atom. The van der Waals surface area contributed by atoms with Crippen molar-refractivity contribution in [3.63, 3.8) is 0 Å². The smallest absolute Gasteiger partial charge is 0.251 e. The van der Waals surface area contributed by atoms with Crippen LogP contribution in [0.4, 0.5) is 0 Å². The number of aromatic nitrogens is 2. The molecule has 0 bridgehead atoms. The fourth-order valence-corrected chi connectivity index (χ4v) is 2.16. The molecule has 0 unspecified atom stereocenters. The fourth-order valence-electron chi connectivity index (χ4n) is 2.16. The second-order valence-electron chi connectivity index (χ2n) is 4.78. The maximum Gasteiger partial charge on any atom is 0.251 e. The number of nitrogens with zero attached hydrogens (tertiary/aromatic N) is 3. The molecule has 1 aromatic carbocycles. The Bertz CT molecular complexity index is 544. The number of benzene rings is 1. The van der Waals surface area contributed by atoms with Crippen LogP contribution in [0.15, 0.2) is 42.7 Å². The predicted octanol–water partition coefficient (Wildman–Crippen LogP) is 1.94. The molecule has 1 aromatic heterocycles. The molecule has 1 N–H and O–H groups in total. The lowest BCUT2D eigenvalue weighted by Gasteiger charge is -2.17. The Morgan fingerprint density at radius 2 is 1.95 bits per heavy atom. The van der Waals surface area contributed by atoms with Gasteiger partial charge in [-0.2, -0.15) is 5.10 Å². The molecule has 0 radical (unpaired) electrons. The van der Waals surface area contributed by atoms with E-state index in [0.29, 0.717) is 12.1 Å². The minimum absolute atomic E-state index is 0.0332. The average molecular weight is 286 g/mol. The third-order valence-corrected chi connectivity index (χ3v) is 3.51. The highest BCUT2D eigenvalue weighted by Crippen LogP contribution is 2.08. The first kappa shape index (κ1) is 15.3. The van der Waals surface area contributed by atoms with Crippen LogP contribution in [0.1, 0.15) is 24.2 Å². The normalized spacial score (nSPS) is 10.8. The first-order chi connectivity index (χ1) is 10.2. The Morgan fingerprint density at radius 1 is 1.24 bits per heavy atom. The number of hydrogen-bond donors (Lipinski definition) is 1. The number of carbonyl (C=O) groups excluding carboxylic acids is 1. The second-order valence-corrected chi connectivity index (χ2v) is 4.78. The molecule has 2 aromatic rings. The molecule has 112 valence electrons. The van der Waals surface area contributed by atoms with Gasteiger partial charge in [-0.05, 0) is 43.4 Å². The summed E-state index contributed by atoms with van der Waals surface area (Å²) in [4.78, 5) is 14.3. The summed E-state index contributed by atoms with van der Waals surface area (Å²) in [7, 11) is 0. The van der Waals surface area contributed by atoms with Crippen LogP contribution < -0.4 is 5.32 Å². The van der Waals surface area contributed by atoms with Gasteiger partial charge >= 0.3 is 0 Å². The highest BCUT2D eigenvalue weighted by Gasteiger charge is 2.06. The zero-order valence-corrected chi connectivity index (χ0v) is 12.6. The summed E-state index contributed by atoms with van der Waals surface area (Å²) in [5.74, 6) is -0.0332. The van der Waals surface area contributed by atoms with Crippen molar-refractivity contribution >= 4 is 5.91 Å². The summed E-state index contributed by atoms with van der Waals surface area (Å²) < 4.78 is 1.77. The molecular weight excluding hydrogens is 264 g/mol. The molecule has 0 saturated carbocycles. The highest BCUT2D eigenvalue weighted by molar-refractivity contribution is 5.94. The van der Waals surface area contributed by atoms with E-state index in [9.17, 15) is 4.79 Å². The van der Waals surface area contributed by atoms with Crippen molar-refractivity contribution in [2.75, 3.05) is 26.2 Å². The highest BCUT2D eigenvalue weighted by atomic mass is 16.1. The zero-order valence-electron chi connectivity index (χ0n) is 12.6. The van der Waals surface area contributed by atoms with Crippen LogP contribution in [0.25, 0.3) is 5.69 Å². The van der Waals surface area contributed by atoms with E-state index in [1.165, 1.54) is 0 Å². The van der Waals surface area contributed by atoms with E-state index in [1.54, 1.807) is 10.9 Å². The average Bonchev–Trinajstić information content (AvgIpc) is 3.06. The molecule has 0 aliphatic carbocycles. The van der Waals surface area contributed by atoms with Crippen LogP contribution in [0, 0.1) is 0 Å². The lowest BCUT2D eigenvalue weighted by atomic mass is 10.2. The van der Waals surface area contributed by atoms with Gasteiger partial charge in [0.15, 0.2) is 0 Å². The molecule has 0 aliphatic heterocycles. The summed E-state index contributed by atoms with van der Waals surface area (Å²) in [5, 5.41) is 7.11. The van der Waals surface area contributed by atoms with Crippen molar-refractivity contribution in [1.82, 2.24) is 20.0 Å². The quantitative estimate of drug-likeness (QED) is 0.846. The SMILES string of the molecule is CCN(CC)CCNC(=O)c1ccc(-n2cccn2)cc1. The fraction of sp³-hybridized carbons (Fsp3) is 0.375. The number of carbonyl (C=O) groups is 1. The largest absolute Gasteiger partial charge is 0.351 e. The van der Waals surface area contributed by atoms with Crippen molar-refractivity contribution in [1.29, 1.82) is 0 Å². The van der Waals surface area contributed by atoms with Crippen LogP contribution in [0.3, 0.4) is 0 Å². The summed E-state index contributed by atoms with van der Waals surface area (Å²) in [6.07, 6.45) is 3.60. The van der Waals surface area contributed by atoms with Crippen molar-refractivity contribution in [3.8, 4) is 5.69 Å². The van der Waals surface area contributed by atoms with Crippen molar-refractivity contribution in [3.05, 3.63) is 48.3 Å². The molecule has 2 rings (SSSR count). The number of nitrogens with one attached hydrogen (secondary N) is 1. The van der Waals surface area contributed by atoms with Crippen LogP contribution in [0.5, 0.6) is 0 Å². The van der Waals surface area contributed by atoms with Gasteiger partial charge < -0.3 is 10.2 Å². The summed E-state index contributed by atoms with van der Waals surface area (Å²) in [6, 6.07) is 9.31. The summed E-state index contributed by atoms with van der Waals surface area (Å²) >= 11 is 0. The van der Waals surface area contributed by atoms with Crippen LogP contribution in [0.2, 0.25) is 0 Å². The first-order valence-corrected chi connectivity index (χ1v) is 7.35. The molecule has 1 amide bonds. The van der Waals surface area contributed by atoms with E-state index >= 15 is 0 Å². The van der Waals surface area contributed by atoms with Gasteiger partial charge in [-0.25, -0.2) is 4.68 Å². The molecule has 1 heterocycles. The van der Waals surface area contributed by atoms with Crippen LogP contribution in [-0.4, -0.2) is 46.8 Å². The maximum absolute atomic E-state index is 12.0. The third kappa shape index (κ3) is 4.16. The monoisotopic (exact) mass is 286 g/mol. The van der Waals surface area contributed by atoms with E-state index < -0.39 is 0 Å². The summed E-state index contributed by atoms with van der Waals surface area (Å²) in [5.41, 5.74) is 1.62. The summed E-state index contributed by atoms with van der Waals surface area (Å²) in [6.45, 7) is 7.81. The second kappa shape index (κ2) is 7.59. The number of rotatable bonds is 7. The topological polar surface area (TPSA) is 50.2 Å². The van der Waals surface area contributed by atoms with E-state index in [1.807, 2.05) is 36.5 Å². The zero-order chi connectivity index (χ0) is 15.1. The van der Waals surface area contributed by atoms with Gasteiger partial charge in [0.25, 0.3) is 5.91 Å². The Hall–Kier alpha value is -2.14. The lowest BCUT2D eigenvalue weighted by Crippen LogP contribution is -2.34. The molecule has 5 nitrogen and oxygen atoms in total. The maximum atomic E-state index is 12.0. The van der Waals surface area contributed by atoms with Gasteiger partial charge in [0.2, 0.25) is 0 Å².